The second-order valence-corrected chi connectivity index (χ2v) is 13.7. The minimum atomic E-state index is -1.21. The molecule has 1 atom stereocenters. The van der Waals surface area contributed by atoms with E-state index in [1.165, 1.54) is 76.7 Å². The van der Waals surface area contributed by atoms with Gasteiger partial charge in [-0.1, -0.05) is 106 Å². The van der Waals surface area contributed by atoms with Gasteiger partial charge in [0, 0.05) is 13.2 Å². The molecule has 1 saturated heterocycles. The average Bonchev–Trinajstić information content (AvgIpc) is 2.70. The van der Waals surface area contributed by atoms with Crippen molar-refractivity contribution < 1.29 is 9.47 Å². The maximum Gasteiger partial charge on any atom is 0.157 e. The fourth-order valence-electron chi connectivity index (χ4n) is 4.00. The summed E-state index contributed by atoms with van der Waals surface area (Å²) < 4.78 is 11.4. The Morgan fingerprint density at radius 2 is 1.48 bits per heavy atom. The summed E-state index contributed by atoms with van der Waals surface area (Å²) in [7, 11) is -1.21. The van der Waals surface area contributed by atoms with Gasteiger partial charge in [0.15, 0.2) is 6.29 Å². The Morgan fingerprint density at radius 3 is 2.11 bits per heavy atom. The van der Waals surface area contributed by atoms with Gasteiger partial charge >= 0.3 is 0 Å². The van der Waals surface area contributed by atoms with Crippen LogP contribution in [0.4, 0.5) is 0 Å². The zero-order chi connectivity index (χ0) is 19.2. The maximum atomic E-state index is 5.80. The molecular weight excluding hydrogens is 348 g/mol. The third-order valence-electron chi connectivity index (χ3n) is 5.94. The summed E-state index contributed by atoms with van der Waals surface area (Å²) in [4.78, 5) is 0. The van der Waals surface area contributed by atoms with Gasteiger partial charge < -0.3 is 9.47 Å². The van der Waals surface area contributed by atoms with Crippen molar-refractivity contribution >= 4 is 13.3 Å². The Kier molecular flexibility index (Phi) is 11.3. The highest BCUT2D eigenvalue weighted by atomic mass is 28.3. The molecule has 1 aliphatic rings. The van der Waals surface area contributed by atoms with Crippen LogP contribution in [-0.2, 0) is 9.47 Å². The third kappa shape index (κ3) is 9.91. The lowest BCUT2D eigenvalue weighted by atomic mass is 10.1. The summed E-state index contributed by atoms with van der Waals surface area (Å²) in [5, 5.41) is 1.61. The second-order valence-electron chi connectivity index (χ2n) is 8.85. The highest BCUT2D eigenvalue weighted by molar-refractivity contribution is 6.89. The first-order valence-corrected chi connectivity index (χ1v) is 14.7. The third-order valence-corrected chi connectivity index (χ3v) is 9.44. The van der Waals surface area contributed by atoms with E-state index in [9.17, 15) is 0 Å². The molecule has 0 amide bonds. The van der Waals surface area contributed by atoms with Crippen molar-refractivity contribution in [3.63, 3.8) is 0 Å². The van der Waals surface area contributed by atoms with Crippen molar-refractivity contribution in [2.45, 2.75) is 102 Å². The summed E-state index contributed by atoms with van der Waals surface area (Å²) in [5.74, 6) is 0. The fraction of sp³-hybridized carbons (Fsp3) is 0.750. The van der Waals surface area contributed by atoms with Crippen LogP contribution in [0.3, 0.4) is 0 Å². The van der Waals surface area contributed by atoms with Crippen LogP contribution in [0.1, 0.15) is 77.0 Å². The molecular formula is C24H42O2Si. The quantitative estimate of drug-likeness (QED) is 0.261. The van der Waals surface area contributed by atoms with Crippen LogP contribution in [-0.4, -0.2) is 27.6 Å². The lowest BCUT2D eigenvalue weighted by Crippen LogP contribution is -2.40. The van der Waals surface area contributed by atoms with Crippen LogP contribution in [0.5, 0.6) is 0 Å². The Hall–Kier alpha value is -0.643. The van der Waals surface area contributed by atoms with E-state index in [1.807, 2.05) is 0 Å². The van der Waals surface area contributed by atoms with E-state index in [0.717, 1.165) is 19.6 Å². The zero-order valence-corrected chi connectivity index (χ0v) is 18.9. The Bertz CT molecular complexity index is 469. The molecule has 3 heteroatoms. The van der Waals surface area contributed by atoms with Gasteiger partial charge in [0.25, 0.3) is 0 Å². The van der Waals surface area contributed by atoms with Crippen LogP contribution in [0.2, 0.25) is 19.1 Å². The molecule has 0 saturated carbocycles. The summed E-state index contributed by atoms with van der Waals surface area (Å²) in [6, 6.07) is 12.6. The van der Waals surface area contributed by atoms with E-state index in [1.54, 1.807) is 5.19 Å². The molecule has 1 unspecified atom stereocenters. The first-order valence-electron chi connectivity index (χ1n) is 11.5. The first-order chi connectivity index (χ1) is 13.2. The number of unbranched alkanes of at least 4 members (excludes halogenated alkanes) is 8. The monoisotopic (exact) mass is 390 g/mol. The Labute approximate surface area is 169 Å². The van der Waals surface area contributed by atoms with Crippen LogP contribution in [0.25, 0.3) is 0 Å². The average molecular weight is 391 g/mol. The Balaban J connectivity index is 1.35. The molecule has 1 aromatic rings. The SMILES string of the molecule is C[Si](C)(CCCCCCCCCCCOC1CCCCO1)c1ccccc1. The first kappa shape index (κ1) is 22.6. The van der Waals surface area contributed by atoms with E-state index in [0.29, 0.717) is 0 Å². The smallest absolute Gasteiger partial charge is 0.157 e. The van der Waals surface area contributed by atoms with Crippen molar-refractivity contribution in [2.75, 3.05) is 13.2 Å². The standard InChI is InChI=1S/C24H42O2Si/c1-27(2,23-17-11-10-12-18-23)22-16-9-7-5-3-4-6-8-14-20-25-24-19-13-15-21-26-24/h10-12,17-18,24H,3-9,13-16,19-22H2,1-2H3. The van der Waals surface area contributed by atoms with Gasteiger partial charge in [0.1, 0.15) is 0 Å². The van der Waals surface area contributed by atoms with Gasteiger partial charge in [0.2, 0.25) is 0 Å². The zero-order valence-electron chi connectivity index (χ0n) is 17.9. The molecule has 2 nitrogen and oxygen atoms in total. The molecule has 1 heterocycles. The van der Waals surface area contributed by atoms with E-state index in [2.05, 4.69) is 43.4 Å². The number of rotatable bonds is 14. The number of benzene rings is 1. The van der Waals surface area contributed by atoms with E-state index >= 15 is 0 Å². The number of hydrogen-bond acceptors (Lipinski definition) is 2. The summed E-state index contributed by atoms with van der Waals surface area (Å²) >= 11 is 0. The van der Waals surface area contributed by atoms with Gasteiger partial charge in [-0.05, 0) is 25.7 Å². The predicted molar refractivity (Wildman–Crippen MR) is 119 cm³/mol. The molecule has 27 heavy (non-hydrogen) atoms. The number of ether oxygens (including phenoxy) is 2. The molecule has 0 spiro atoms. The van der Waals surface area contributed by atoms with Gasteiger partial charge in [0.05, 0.1) is 8.07 Å². The molecule has 0 aromatic heterocycles. The van der Waals surface area contributed by atoms with E-state index < -0.39 is 8.07 Å². The van der Waals surface area contributed by atoms with Crippen molar-refractivity contribution in [1.29, 1.82) is 0 Å². The Morgan fingerprint density at radius 1 is 0.852 bits per heavy atom. The molecule has 1 aliphatic heterocycles. The van der Waals surface area contributed by atoms with Crippen LogP contribution in [0.15, 0.2) is 30.3 Å². The summed E-state index contributed by atoms with van der Waals surface area (Å²) in [6.45, 7) is 6.81. The van der Waals surface area contributed by atoms with Crippen molar-refractivity contribution in [3.05, 3.63) is 30.3 Å². The van der Waals surface area contributed by atoms with Crippen molar-refractivity contribution in [2.24, 2.45) is 0 Å². The number of hydrogen-bond donors (Lipinski definition) is 0. The normalized spacial score (nSPS) is 17.9. The molecule has 0 N–H and O–H groups in total. The van der Waals surface area contributed by atoms with Gasteiger partial charge in [-0.25, -0.2) is 0 Å². The van der Waals surface area contributed by atoms with Crippen molar-refractivity contribution in [3.8, 4) is 0 Å². The lowest BCUT2D eigenvalue weighted by molar-refractivity contribution is -0.162. The molecule has 1 aromatic carbocycles. The molecule has 0 bridgehead atoms. The largest absolute Gasteiger partial charge is 0.353 e. The summed E-state index contributed by atoms with van der Waals surface area (Å²) in [5.41, 5.74) is 0. The molecule has 2 rings (SSSR count). The van der Waals surface area contributed by atoms with Crippen LogP contribution >= 0.6 is 0 Å². The van der Waals surface area contributed by atoms with E-state index in [-0.39, 0.29) is 6.29 Å². The topological polar surface area (TPSA) is 18.5 Å². The molecule has 1 fully saturated rings. The van der Waals surface area contributed by atoms with Gasteiger partial charge in [-0.15, -0.1) is 0 Å². The molecule has 0 radical (unpaired) electrons. The highest BCUT2D eigenvalue weighted by Gasteiger charge is 2.21. The summed E-state index contributed by atoms with van der Waals surface area (Å²) in [6.07, 6.45) is 16.0. The molecule has 0 aliphatic carbocycles. The minimum absolute atomic E-state index is 0.0914. The fourth-order valence-corrected chi connectivity index (χ4v) is 6.51. The van der Waals surface area contributed by atoms with Crippen LogP contribution < -0.4 is 5.19 Å². The maximum absolute atomic E-state index is 5.80. The predicted octanol–water partition coefficient (Wildman–Crippen LogP) is 6.66. The second kappa shape index (κ2) is 13.5. The van der Waals surface area contributed by atoms with Gasteiger partial charge in [-0.3, -0.25) is 0 Å². The minimum Gasteiger partial charge on any atom is -0.353 e. The van der Waals surface area contributed by atoms with Crippen molar-refractivity contribution in [1.82, 2.24) is 0 Å². The van der Waals surface area contributed by atoms with Crippen LogP contribution in [0, 0.1) is 0 Å². The van der Waals surface area contributed by atoms with Gasteiger partial charge in [-0.2, -0.15) is 0 Å². The lowest BCUT2D eigenvalue weighted by Gasteiger charge is -2.22. The van der Waals surface area contributed by atoms with E-state index in [4.69, 9.17) is 9.47 Å². The molecule has 154 valence electrons. The highest BCUT2D eigenvalue weighted by Crippen LogP contribution is 2.17.